The molecule has 2 aromatic carbocycles. The predicted octanol–water partition coefficient (Wildman–Crippen LogP) is 5.31. The van der Waals surface area contributed by atoms with Crippen molar-refractivity contribution in [2.45, 2.75) is 32.4 Å². The standard InChI is InChI=1S/C33H32Cl2N6O6/c1-4-47-33(45)41(18-20-12-14-27(42)37-20)17-19-11-13-25(39-31(19)46-3)23-9-5-7-21(28(23)34)22-8-6-10-26(29(22)35)38-30(43)24-15-16-36-40(2)32(24)44/h5-11,13,15-16,20H,4,12,14,17-18H2,1-3H3,(H,37,42)(H,38,43)/t20-/m0/s1. The van der Waals surface area contributed by atoms with Gasteiger partial charge >= 0.3 is 6.09 Å². The van der Waals surface area contributed by atoms with Crippen molar-refractivity contribution in [3.8, 4) is 28.3 Å². The minimum atomic E-state index is -0.627. The SMILES string of the molecule is CCOC(=O)N(Cc1ccc(-c2cccc(-c3cccc(NC(=O)c4ccnn(C)c4=O)c3Cl)c2Cl)nc1OC)C[C@@H]1CCC(=O)N1. The lowest BCUT2D eigenvalue weighted by molar-refractivity contribution is -0.119. The maximum atomic E-state index is 12.9. The lowest BCUT2D eigenvalue weighted by atomic mass is 10.00. The van der Waals surface area contributed by atoms with Crippen molar-refractivity contribution in [3.63, 3.8) is 0 Å². The molecule has 0 spiro atoms. The Kier molecular flexibility index (Phi) is 10.4. The molecule has 4 aromatic rings. The van der Waals surface area contributed by atoms with Crippen LogP contribution in [0, 0.1) is 0 Å². The molecule has 5 rings (SSSR count). The zero-order chi connectivity index (χ0) is 33.7. The number of pyridine rings is 1. The molecule has 47 heavy (non-hydrogen) atoms. The Morgan fingerprint density at radius 1 is 1.04 bits per heavy atom. The smallest absolute Gasteiger partial charge is 0.410 e. The van der Waals surface area contributed by atoms with E-state index in [-0.39, 0.29) is 42.2 Å². The number of nitrogens with zero attached hydrogens (tertiary/aromatic N) is 4. The highest BCUT2D eigenvalue weighted by molar-refractivity contribution is 6.39. The van der Waals surface area contributed by atoms with Gasteiger partial charge in [0, 0.05) is 54.5 Å². The van der Waals surface area contributed by atoms with E-state index in [1.54, 1.807) is 55.5 Å². The van der Waals surface area contributed by atoms with Gasteiger partial charge in [0.25, 0.3) is 11.5 Å². The number of aryl methyl sites for hydroxylation is 1. The number of aromatic nitrogens is 3. The minimum absolute atomic E-state index is 0.0451. The molecule has 3 heterocycles. The van der Waals surface area contributed by atoms with Gasteiger partial charge in [-0.05, 0) is 37.6 Å². The van der Waals surface area contributed by atoms with Gasteiger partial charge in [0.1, 0.15) is 5.56 Å². The van der Waals surface area contributed by atoms with Gasteiger partial charge in [-0.15, -0.1) is 0 Å². The molecular weight excluding hydrogens is 647 g/mol. The second-order valence-electron chi connectivity index (χ2n) is 10.7. The van der Waals surface area contributed by atoms with Gasteiger partial charge in [0.2, 0.25) is 11.8 Å². The average molecular weight is 680 g/mol. The normalized spacial score (nSPS) is 14.0. The van der Waals surface area contributed by atoms with Crippen molar-refractivity contribution in [3.05, 3.63) is 92.3 Å². The fourth-order valence-corrected chi connectivity index (χ4v) is 5.86. The molecule has 3 amide bonds. The van der Waals surface area contributed by atoms with Crippen molar-refractivity contribution in [2.24, 2.45) is 7.05 Å². The number of carbonyl (C=O) groups is 3. The lowest BCUT2D eigenvalue weighted by Crippen LogP contribution is -2.41. The Morgan fingerprint density at radius 2 is 1.77 bits per heavy atom. The molecule has 2 N–H and O–H groups in total. The molecule has 1 fully saturated rings. The first-order valence-electron chi connectivity index (χ1n) is 14.8. The quantitative estimate of drug-likeness (QED) is 0.229. The van der Waals surface area contributed by atoms with Gasteiger partial charge in [-0.3, -0.25) is 14.4 Å². The van der Waals surface area contributed by atoms with Gasteiger partial charge in [-0.2, -0.15) is 5.10 Å². The average Bonchev–Trinajstić information content (AvgIpc) is 3.47. The Hall–Kier alpha value is -4.94. The maximum absolute atomic E-state index is 12.9. The fourth-order valence-electron chi connectivity index (χ4n) is 5.26. The second kappa shape index (κ2) is 14.7. The van der Waals surface area contributed by atoms with E-state index in [1.807, 2.05) is 0 Å². The van der Waals surface area contributed by atoms with Crippen LogP contribution in [0.3, 0.4) is 0 Å². The van der Waals surface area contributed by atoms with E-state index in [1.165, 1.54) is 31.3 Å². The highest BCUT2D eigenvalue weighted by Crippen LogP contribution is 2.41. The molecule has 2 aromatic heterocycles. The fraction of sp³-hybridized carbons (Fsp3) is 0.273. The minimum Gasteiger partial charge on any atom is -0.481 e. The van der Waals surface area contributed by atoms with Crippen molar-refractivity contribution in [1.29, 1.82) is 0 Å². The second-order valence-corrected chi connectivity index (χ2v) is 11.5. The molecule has 244 valence electrons. The number of carbonyl (C=O) groups excluding carboxylic acids is 3. The first kappa shape index (κ1) is 33.4. The van der Waals surface area contributed by atoms with Crippen molar-refractivity contribution >= 4 is 46.8 Å². The highest BCUT2D eigenvalue weighted by Gasteiger charge is 2.27. The number of amides is 3. The molecule has 1 aliphatic heterocycles. The summed E-state index contributed by atoms with van der Waals surface area (Å²) in [6.45, 7) is 2.37. The molecule has 1 atom stereocenters. The topological polar surface area (TPSA) is 145 Å². The summed E-state index contributed by atoms with van der Waals surface area (Å²) < 4.78 is 12.0. The van der Waals surface area contributed by atoms with Crippen LogP contribution in [0.4, 0.5) is 10.5 Å². The van der Waals surface area contributed by atoms with Crippen LogP contribution in [0.2, 0.25) is 10.0 Å². The van der Waals surface area contributed by atoms with Gasteiger partial charge < -0.3 is 25.0 Å². The van der Waals surface area contributed by atoms with Gasteiger partial charge in [0.05, 0.1) is 41.7 Å². The predicted molar refractivity (Wildman–Crippen MR) is 178 cm³/mol. The summed E-state index contributed by atoms with van der Waals surface area (Å²) in [5, 5.41) is 10.0. The van der Waals surface area contributed by atoms with Gasteiger partial charge in [-0.25, -0.2) is 14.5 Å². The number of methoxy groups -OCH3 is 1. The summed E-state index contributed by atoms with van der Waals surface area (Å²) in [6, 6.07) is 15.3. The van der Waals surface area contributed by atoms with E-state index in [0.717, 1.165) is 4.68 Å². The summed E-state index contributed by atoms with van der Waals surface area (Å²) in [7, 11) is 2.94. The van der Waals surface area contributed by atoms with Gasteiger partial charge in [-0.1, -0.05) is 53.5 Å². The Labute approximate surface area is 280 Å². The Morgan fingerprint density at radius 3 is 2.47 bits per heavy atom. The van der Waals surface area contributed by atoms with Crippen LogP contribution in [0.1, 0.15) is 35.7 Å². The largest absolute Gasteiger partial charge is 0.481 e. The molecule has 0 bridgehead atoms. The molecule has 0 unspecified atom stereocenters. The zero-order valence-electron chi connectivity index (χ0n) is 25.9. The number of nitrogens with one attached hydrogen (secondary N) is 2. The van der Waals surface area contributed by atoms with Crippen LogP contribution in [-0.2, 0) is 23.1 Å². The van der Waals surface area contributed by atoms with Crippen molar-refractivity contribution in [1.82, 2.24) is 25.0 Å². The molecule has 1 saturated heterocycles. The first-order valence-corrected chi connectivity index (χ1v) is 15.5. The summed E-state index contributed by atoms with van der Waals surface area (Å²) in [4.78, 5) is 56.1. The molecule has 1 aliphatic rings. The lowest BCUT2D eigenvalue weighted by Gasteiger charge is -2.25. The van der Waals surface area contributed by atoms with Crippen LogP contribution < -0.4 is 20.9 Å². The third-order valence-electron chi connectivity index (χ3n) is 7.61. The Bertz CT molecular complexity index is 1900. The maximum Gasteiger partial charge on any atom is 0.410 e. The van der Waals surface area contributed by atoms with Gasteiger partial charge in [0.15, 0.2) is 0 Å². The summed E-state index contributed by atoms with van der Waals surface area (Å²) in [6.07, 6.45) is 1.90. The third kappa shape index (κ3) is 7.39. The van der Waals surface area contributed by atoms with Crippen molar-refractivity contribution < 1.29 is 23.9 Å². The van der Waals surface area contributed by atoms with E-state index in [4.69, 9.17) is 37.7 Å². The highest BCUT2D eigenvalue weighted by atomic mass is 35.5. The number of halogens is 2. The molecule has 0 aliphatic carbocycles. The molecule has 0 saturated carbocycles. The molecule has 14 heteroatoms. The molecule has 0 radical (unpaired) electrons. The summed E-state index contributed by atoms with van der Waals surface area (Å²) >= 11 is 13.7. The number of anilines is 1. The number of hydrogen-bond acceptors (Lipinski definition) is 8. The zero-order valence-corrected chi connectivity index (χ0v) is 27.4. The Balaban J connectivity index is 1.42. The number of benzene rings is 2. The summed E-state index contributed by atoms with van der Waals surface area (Å²) in [5.41, 5.74) is 2.54. The molecular formula is C33H32Cl2N6O6. The van der Waals surface area contributed by atoms with Crippen LogP contribution >= 0.6 is 23.2 Å². The van der Waals surface area contributed by atoms with Crippen LogP contribution in [-0.4, -0.2) is 63.9 Å². The van der Waals surface area contributed by atoms with Crippen molar-refractivity contribution in [2.75, 3.05) is 25.6 Å². The first-order chi connectivity index (χ1) is 22.6. The number of rotatable bonds is 10. The van der Waals surface area contributed by atoms with E-state index >= 15 is 0 Å². The molecule has 12 nitrogen and oxygen atoms in total. The monoisotopic (exact) mass is 678 g/mol. The number of ether oxygens (including phenoxy) is 2. The third-order valence-corrected chi connectivity index (χ3v) is 8.42. The van der Waals surface area contributed by atoms with Crippen LogP contribution in [0.15, 0.2) is 65.6 Å². The van der Waals surface area contributed by atoms with Crippen LogP contribution in [0.5, 0.6) is 5.88 Å². The van der Waals surface area contributed by atoms with E-state index in [2.05, 4.69) is 15.7 Å². The van der Waals surface area contributed by atoms with E-state index in [0.29, 0.717) is 57.4 Å². The van der Waals surface area contributed by atoms with Crippen LogP contribution in [0.25, 0.3) is 22.4 Å². The van der Waals surface area contributed by atoms with E-state index < -0.39 is 17.6 Å². The number of hydrogen-bond donors (Lipinski definition) is 2. The van der Waals surface area contributed by atoms with E-state index in [9.17, 15) is 19.2 Å². The summed E-state index contributed by atoms with van der Waals surface area (Å²) in [5.74, 6) is -0.382.